The minimum absolute atomic E-state index is 0.139. The van der Waals surface area contributed by atoms with Crippen molar-refractivity contribution in [3.05, 3.63) is 0 Å². The topological polar surface area (TPSA) is 93.0 Å². The van der Waals surface area contributed by atoms with E-state index in [1.165, 1.54) is 0 Å². The van der Waals surface area contributed by atoms with Crippen LogP contribution in [0.5, 0.6) is 0 Å². The summed E-state index contributed by atoms with van der Waals surface area (Å²) in [4.78, 5) is 11.7. The van der Waals surface area contributed by atoms with Crippen molar-refractivity contribution >= 4 is 5.97 Å². The Bertz CT molecular complexity index is 149. The molecule has 6 heteroatoms. The highest BCUT2D eigenvalue weighted by molar-refractivity contribution is 5.72. The molecule has 0 amide bonds. The molecule has 1 unspecified atom stereocenters. The summed E-state index contributed by atoms with van der Waals surface area (Å²) in [5, 5.41) is 27.4. The molecule has 0 aromatic rings. The van der Waals surface area contributed by atoms with Gasteiger partial charge in [-0.25, -0.2) is 0 Å². The van der Waals surface area contributed by atoms with Crippen molar-refractivity contribution in [1.82, 2.24) is 10.2 Å². The normalized spacial score (nSPS) is 11.9. The van der Waals surface area contributed by atoms with Gasteiger partial charge in [-0.15, -0.1) is 0 Å². The Labute approximate surface area is 90.5 Å². The second-order valence-electron chi connectivity index (χ2n) is 3.18. The number of carboxylic acid groups (broad SMARTS) is 1. The van der Waals surface area contributed by atoms with Gasteiger partial charge in [0, 0.05) is 13.1 Å². The highest BCUT2D eigenvalue weighted by Gasteiger charge is 2.11. The second-order valence-corrected chi connectivity index (χ2v) is 3.18. The quantitative estimate of drug-likeness (QED) is 0.412. The van der Waals surface area contributed by atoms with Crippen LogP contribution in [0.1, 0.15) is 6.92 Å². The maximum absolute atomic E-state index is 10.1. The maximum Gasteiger partial charge on any atom is 0.320 e. The van der Waals surface area contributed by atoms with E-state index in [-0.39, 0.29) is 19.3 Å². The van der Waals surface area contributed by atoms with Crippen molar-refractivity contribution in [2.75, 3.05) is 40.4 Å². The number of hydrogen-bond donors (Lipinski definition) is 4. The minimum atomic E-state index is -0.782. The van der Waals surface area contributed by atoms with Crippen molar-refractivity contribution in [2.45, 2.75) is 13.0 Å². The molecule has 0 rings (SSSR count). The first-order valence-electron chi connectivity index (χ1n) is 4.79. The van der Waals surface area contributed by atoms with Gasteiger partial charge >= 0.3 is 5.97 Å². The van der Waals surface area contributed by atoms with E-state index in [4.69, 9.17) is 15.3 Å². The second kappa shape index (κ2) is 11.4. The maximum atomic E-state index is 10.1. The lowest BCUT2D eigenvalue weighted by Crippen LogP contribution is -2.32. The first kappa shape index (κ1) is 16.7. The Kier molecular flexibility index (Phi) is 12.7. The molecule has 0 aromatic carbocycles. The number of aliphatic hydroxyl groups is 2. The zero-order valence-electron chi connectivity index (χ0n) is 9.60. The van der Waals surface area contributed by atoms with E-state index in [2.05, 4.69) is 5.32 Å². The van der Waals surface area contributed by atoms with Gasteiger partial charge in [0.05, 0.1) is 13.2 Å². The predicted octanol–water partition coefficient (Wildman–Crippen LogP) is -1.42. The fourth-order valence-corrected chi connectivity index (χ4v) is 0.504. The van der Waals surface area contributed by atoms with E-state index in [0.29, 0.717) is 13.1 Å². The summed E-state index contributed by atoms with van der Waals surface area (Å²) in [7, 11) is 3.47. The standard InChI is InChI=1S/C5H11NO2.C4H11NO2/c1-4(5(7)8)6(2)3;6-3-1-5-2-4-7/h4H,1-3H3,(H,7,8);5-7H,1-4H2. The average Bonchev–Trinajstić information content (AvgIpc) is 2.18. The van der Waals surface area contributed by atoms with E-state index in [1.54, 1.807) is 25.9 Å². The van der Waals surface area contributed by atoms with Crippen molar-refractivity contribution in [3.8, 4) is 0 Å². The smallest absolute Gasteiger partial charge is 0.320 e. The van der Waals surface area contributed by atoms with Crippen LogP contribution < -0.4 is 5.32 Å². The van der Waals surface area contributed by atoms with E-state index in [9.17, 15) is 4.79 Å². The van der Waals surface area contributed by atoms with Gasteiger partial charge in [0.1, 0.15) is 6.04 Å². The molecular weight excluding hydrogens is 200 g/mol. The molecule has 0 saturated carbocycles. The fraction of sp³-hybridized carbons (Fsp3) is 0.889. The van der Waals surface area contributed by atoms with Crippen molar-refractivity contribution in [3.63, 3.8) is 0 Å². The molecular formula is C9H22N2O4. The first-order chi connectivity index (χ1) is 6.97. The number of nitrogens with one attached hydrogen (secondary N) is 1. The number of hydrogen-bond acceptors (Lipinski definition) is 5. The van der Waals surface area contributed by atoms with Crippen molar-refractivity contribution in [1.29, 1.82) is 0 Å². The summed E-state index contributed by atoms with van der Waals surface area (Å²) in [5.41, 5.74) is 0. The molecule has 0 saturated heterocycles. The highest BCUT2D eigenvalue weighted by atomic mass is 16.4. The molecule has 6 nitrogen and oxygen atoms in total. The van der Waals surface area contributed by atoms with Gasteiger partial charge in [-0.2, -0.15) is 0 Å². The van der Waals surface area contributed by atoms with Gasteiger partial charge in [0.25, 0.3) is 0 Å². The van der Waals surface area contributed by atoms with Crippen LogP contribution in [-0.4, -0.2) is 72.6 Å². The molecule has 0 fully saturated rings. The summed E-state index contributed by atoms with van der Waals surface area (Å²) in [6.07, 6.45) is 0. The molecule has 0 bridgehead atoms. The van der Waals surface area contributed by atoms with E-state index < -0.39 is 5.97 Å². The lowest BCUT2D eigenvalue weighted by Gasteiger charge is -2.13. The zero-order valence-corrected chi connectivity index (χ0v) is 9.60. The monoisotopic (exact) mass is 222 g/mol. The van der Waals surface area contributed by atoms with Gasteiger partial charge < -0.3 is 20.6 Å². The van der Waals surface area contributed by atoms with E-state index >= 15 is 0 Å². The molecule has 1 atom stereocenters. The molecule has 0 spiro atoms. The fourth-order valence-electron chi connectivity index (χ4n) is 0.504. The number of likely N-dealkylation sites (N-methyl/N-ethyl adjacent to an activating group) is 1. The molecule has 15 heavy (non-hydrogen) atoms. The van der Waals surface area contributed by atoms with Gasteiger partial charge in [0.15, 0.2) is 0 Å². The summed E-state index contributed by atoms with van der Waals surface area (Å²) in [5.74, 6) is -0.782. The van der Waals surface area contributed by atoms with Crippen LogP contribution >= 0.6 is 0 Å². The number of aliphatic hydroxyl groups excluding tert-OH is 2. The van der Waals surface area contributed by atoms with Crippen LogP contribution in [0.15, 0.2) is 0 Å². The summed E-state index contributed by atoms with van der Waals surface area (Å²) >= 11 is 0. The van der Waals surface area contributed by atoms with Crippen molar-refractivity contribution < 1.29 is 20.1 Å². The average molecular weight is 222 g/mol. The summed E-state index contributed by atoms with van der Waals surface area (Å²) in [6.45, 7) is 3.06. The lowest BCUT2D eigenvalue weighted by molar-refractivity contribution is -0.141. The Morgan fingerprint density at radius 1 is 1.27 bits per heavy atom. The predicted molar refractivity (Wildman–Crippen MR) is 57.8 cm³/mol. The Morgan fingerprint density at radius 3 is 1.80 bits per heavy atom. The Hall–Kier alpha value is -0.690. The van der Waals surface area contributed by atoms with Gasteiger partial charge in [-0.1, -0.05) is 0 Å². The molecule has 0 aliphatic carbocycles. The third kappa shape index (κ3) is 13.3. The minimum Gasteiger partial charge on any atom is -0.480 e. The van der Waals surface area contributed by atoms with E-state index in [0.717, 1.165) is 0 Å². The van der Waals surface area contributed by atoms with Crippen LogP contribution in [0, 0.1) is 0 Å². The molecule has 0 heterocycles. The van der Waals surface area contributed by atoms with Crippen LogP contribution in [0.2, 0.25) is 0 Å². The third-order valence-corrected chi connectivity index (χ3v) is 1.71. The number of nitrogens with zero attached hydrogens (tertiary/aromatic N) is 1. The highest BCUT2D eigenvalue weighted by Crippen LogP contribution is 1.88. The zero-order chi connectivity index (χ0) is 12.3. The van der Waals surface area contributed by atoms with Crippen LogP contribution in [0.3, 0.4) is 0 Å². The SMILES string of the molecule is CC(C(=O)O)N(C)C.OCCNCCO. The van der Waals surface area contributed by atoms with Gasteiger partial charge in [0.2, 0.25) is 0 Å². The molecule has 92 valence electrons. The van der Waals surface area contributed by atoms with Gasteiger partial charge in [-0.3, -0.25) is 9.69 Å². The Balaban J connectivity index is 0. The number of rotatable bonds is 6. The number of carbonyl (C=O) groups is 1. The first-order valence-corrected chi connectivity index (χ1v) is 4.79. The molecule has 0 aliphatic rings. The number of carboxylic acids is 1. The Morgan fingerprint density at radius 2 is 1.67 bits per heavy atom. The summed E-state index contributed by atoms with van der Waals surface area (Å²) in [6, 6.07) is -0.380. The molecule has 0 aliphatic heterocycles. The molecule has 0 aromatic heterocycles. The van der Waals surface area contributed by atoms with Crippen LogP contribution in [0.4, 0.5) is 0 Å². The van der Waals surface area contributed by atoms with E-state index in [1.807, 2.05) is 0 Å². The van der Waals surface area contributed by atoms with Crippen LogP contribution in [0.25, 0.3) is 0 Å². The lowest BCUT2D eigenvalue weighted by atomic mass is 10.3. The van der Waals surface area contributed by atoms with Crippen LogP contribution in [-0.2, 0) is 4.79 Å². The van der Waals surface area contributed by atoms with Crippen molar-refractivity contribution in [2.24, 2.45) is 0 Å². The third-order valence-electron chi connectivity index (χ3n) is 1.71. The molecule has 0 radical (unpaired) electrons. The van der Waals surface area contributed by atoms with Gasteiger partial charge in [-0.05, 0) is 21.0 Å². The largest absolute Gasteiger partial charge is 0.480 e. The number of aliphatic carboxylic acids is 1. The molecule has 4 N–H and O–H groups in total. The summed E-state index contributed by atoms with van der Waals surface area (Å²) < 4.78 is 0.